The first-order valence-electron chi connectivity index (χ1n) is 7.66. The first kappa shape index (κ1) is 17.5. The van der Waals surface area contributed by atoms with E-state index in [4.69, 9.17) is 4.74 Å². The number of methoxy groups -OCH3 is 1. The summed E-state index contributed by atoms with van der Waals surface area (Å²) in [5.41, 5.74) is 2.51. The smallest absolute Gasteiger partial charge is 0.237 e. The van der Waals surface area contributed by atoms with E-state index >= 15 is 0 Å². The highest BCUT2D eigenvalue weighted by molar-refractivity contribution is 6.13. The summed E-state index contributed by atoms with van der Waals surface area (Å²) >= 11 is 0. The van der Waals surface area contributed by atoms with Gasteiger partial charge in [0, 0.05) is 11.1 Å². The number of hydrogen-bond donors (Lipinski definition) is 0. The molecular weight excluding hydrogens is 300 g/mol. The van der Waals surface area contributed by atoms with Crippen LogP contribution in [0.5, 0.6) is 5.75 Å². The van der Waals surface area contributed by atoms with Gasteiger partial charge in [-0.25, -0.2) is 0 Å². The van der Waals surface area contributed by atoms with Crippen molar-refractivity contribution < 1.29 is 14.3 Å². The highest BCUT2D eigenvalue weighted by atomic mass is 16.5. The minimum absolute atomic E-state index is 0.0707. The van der Waals surface area contributed by atoms with Gasteiger partial charge in [-0.15, -0.1) is 0 Å². The number of hydrogen-bond acceptors (Lipinski definition) is 3. The number of benzene rings is 2. The molecule has 0 radical (unpaired) electrons. The van der Waals surface area contributed by atoms with Crippen LogP contribution < -0.4 is 4.74 Å². The molecule has 3 nitrogen and oxygen atoms in total. The number of ketones is 1. The minimum Gasteiger partial charge on any atom is -0.496 e. The Morgan fingerprint density at radius 2 is 1.75 bits per heavy atom. The quantitative estimate of drug-likeness (QED) is 0.487. The van der Waals surface area contributed by atoms with Crippen LogP contribution in [-0.2, 0) is 5.41 Å². The van der Waals surface area contributed by atoms with Crippen LogP contribution in [0.1, 0.15) is 52.6 Å². The van der Waals surface area contributed by atoms with Crippen LogP contribution >= 0.6 is 0 Å². The van der Waals surface area contributed by atoms with E-state index in [1.54, 1.807) is 18.2 Å². The molecule has 0 N–H and O–H groups in total. The molecule has 0 bridgehead atoms. The van der Waals surface area contributed by atoms with Crippen molar-refractivity contribution in [3.8, 4) is 17.6 Å². The van der Waals surface area contributed by atoms with Gasteiger partial charge >= 0.3 is 0 Å². The summed E-state index contributed by atoms with van der Waals surface area (Å²) in [5, 5.41) is 0. The highest BCUT2D eigenvalue weighted by Gasteiger charge is 2.14. The molecule has 3 heteroatoms. The standard InChI is InChI=1S/C21H20O3/c1-21(2,3)16-11-8-15(9-12-16)10-13-19(23)17-6-5-7-20(24-4)18(17)14-22/h5-9,11-12,14H,1-4H3. The maximum atomic E-state index is 12.3. The molecule has 24 heavy (non-hydrogen) atoms. The topological polar surface area (TPSA) is 43.4 Å². The average molecular weight is 320 g/mol. The maximum Gasteiger partial charge on any atom is 0.237 e. The molecule has 0 spiro atoms. The maximum absolute atomic E-state index is 12.3. The van der Waals surface area contributed by atoms with E-state index in [-0.39, 0.29) is 16.5 Å². The summed E-state index contributed by atoms with van der Waals surface area (Å²) < 4.78 is 5.10. The number of carbonyl (C=O) groups is 2. The summed E-state index contributed by atoms with van der Waals surface area (Å²) in [5.74, 6) is 5.41. The Labute approximate surface area is 142 Å². The lowest BCUT2D eigenvalue weighted by Gasteiger charge is -2.18. The van der Waals surface area contributed by atoms with E-state index in [2.05, 4.69) is 32.6 Å². The average Bonchev–Trinajstić information content (AvgIpc) is 2.58. The van der Waals surface area contributed by atoms with Crippen LogP contribution in [-0.4, -0.2) is 19.2 Å². The van der Waals surface area contributed by atoms with Crippen LogP contribution in [0.15, 0.2) is 42.5 Å². The number of Topliss-reactive ketones (excluding diaryl/α,β-unsaturated/α-hetero) is 1. The molecule has 0 aromatic heterocycles. The van der Waals surface area contributed by atoms with Gasteiger partial charge in [0.05, 0.1) is 12.7 Å². The number of rotatable bonds is 3. The number of ether oxygens (including phenoxy) is 1. The molecule has 0 aliphatic rings. The van der Waals surface area contributed by atoms with Gasteiger partial charge in [-0.3, -0.25) is 9.59 Å². The third-order valence-corrected chi connectivity index (χ3v) is 3.72. The van der Waals surface area contributed by atoms with Crippen molar-refractivity contribution in [2.45, 2.75) is 26.2 Å². The van der Waals surface area contributed by atoms with Crippen molar-refractivity contribution in [2.75, 3.05) is 7.11 Å². The second-order valence-electron chi connectivity index (χ2n) is 6.45. The number of aldehydes is 1. The van der Waals surface area contributed by atoms with Gasteiger partial charge in [-0.05, 0) is 41.2 Å². The predicted molar refractivity (Wildman–Crippen MR) is 94.7 cm³/mol. The third kappa shape index (κ3) is 3.91. The largest absolute Gasteiger partial charge is 0.496 e. The molecule has 2 aromatic carbocycles. The van der Waals surface area contributed by atoms with Crippen molar-refractivity contribution >= 4 is 12.1 Å². The van der Waals surface area contributed by atoms with Gasteiger partial charge in [0.15, 0.2) is 6.29 Å². The van der Waals surface area contributed by atoms with Gasteiger partial charge < -0.3 is 4.74 Å². The molecule has 122 valence electrons. The van der Waals surface area contributed by atoms with Crippen molar-refractivity contribution in [3.63, 3.8) is 0 Å². The second kappa shape index (κ2) is 7.14. The first-order valence-corrected chi connectivity index (χ1v) is 7.66. The highest BCUT2D eigenvalue weighted by Crippen LogP contribution is 2.22. The molecule has 0 saturated carbocycles. The molecule has 2 aromatic rings. The van der Waals surface area contributed by atoms with Crippen molar-refractivity contribution in [3.05, 3.63) is 64.7 Å². The second-order valence-corrected chi connectivity index (χ2v) is 6.45. The molecule has 2 rings (SSSR count). The van der Waals surface area contributed by atoms with E-state index in [0.29, 0.717) is 12.0 Å². The Hall–Kier alpha value is -2.86. The zero-order valence-electron chi connectivity index (χ0n) is 14.3. The van der Waals surface area contributed by atoms with Crippen molar-refractivity contribution in [1.82, 2.24) is 0 Å². The Morgan fingerprint density at radius 3 is 2.29 bits per heavy atom. The molecule has 0 heterocycles. The van der Waals surface area contributed by atoms with Gasteiger partial charge in [-0.2, -0.15) is 0 Å². The fourth-order valence-electron chi connectivity index (χ4n) is 2.29. The zero-order valence-corrected chi connectivity index (χ0v) is 14.3. The lowest BCUT2D eigenvalue weighted by atomic mass is 9.87. The molecule has 0 atom stereocenters. The molecule has 0 aliphatic heterocycles. The Bertz CT molecular complexity index is 813. The lowest BCUT2D eigenvalue weighted by molar-refractivity contribution is 0.104. The fourth-order valence-corrected chi connectivity index (χ4v) is 2.29. The normalized spacial score (nSPS) is 10.5. The summed E-state index contributed by atoms with van der Waals surface area (Å²) in [6.45, 7) is 6.42. The molecular formula is C21H20O3. The van der Waals surface area contributed by atoms with Gasteiger partial charge in [0.25, 0.3) is 0 Å². The van der Waals surface area contributed by atoms with Crippen molar-refractivity contribution in [1.29, 1.82) is 0 Å². The molecule has 0 amide bonds. The Kier molecular flexibility index (Phi) is 5.21. The first-order chi connectivity index (χ1) is 11.4. The number of carbonyl (C=O) groups excluding carboxylic acids is 2. The zero-order chi connectivity index (χ0) is 17.7. The van der Waals surface area contributed by atoms with Crippen LogP contribution in [0.4, 0.5) is 0 Å². The van der Waals surface area contributed by atoms with Crippen LogP contribution in [0.25, 0.3) is 0 Å². The van der Waals surface area contributed by atoms with E-state index < -0.39 is 5.78 Å². The van der Waals surface area contributed by atoms with Crippen LogP contribution in [0.3, 0.4) is 0 Å². The van der Waals surface area contributed by atoms with Gasteiger partial charge in [-0.1, -0.05) is 44.9 Å². The Balaban J connectivity index is 2.29. The van der Waals surface area contributed by atoms with E-state index in [1.807, 2.05) is 24.3 Å². The SMILES string of the molecule is COc1cccc(C(=O)C#Cc2ccc(C(C)(C)C)cc2)c1C=O. The summed E-state index contributed by atoms with van der Waals surface area (Å²) in [7, 11) is 1.46. The monoisotopic (exact) mass is 320 g/mol. The Morgan fingerprint density at radius 1 is 1.08 bits per heavy atom. The summed E-state index contributed by atoms with van der Waals surface area (Å²) in [6.07, 6.45) is 0.617. The molecule has 0 aliphatic carbocycles. The lowest BCUT2D eigenvalue weighted by Crippen LogP contribution is -2.10. The van der Waals surface area contributed by atoms with E-state index in [0.717, 1.165) is 5.56 Å². The van der Waals surface area contributed by atoms with Crippen molar-refractivity contribution in [2.24, 2.45) is 0 Å². The van der Waals surface area contributed by atoms with E-state index in [1.165, 1.54) is 12.7 Å². The van der Waals surface area contributed by atoms with Crippen LogP contribution in [0.2, 0.25) is 0 Å². The predicted octanol–water partition coefficient (Wildman–Crippen LogP) is 4.04. The third-order valence-electron chi connectivity index (χ3n) is 3.72. The molecule has 0 unspecified atom stereocenters. The summed E-state index contributed by atoms with van der Waals surface area (Å²) in [4.78, 5) is 23.5. The van der Waals surface area contributed by atoms with E-state index in [9.17, 15) is 9.59 Å². The molecule has 0 saturated heterocycles. The van der Waals surface area contributed by atoms with Gasteiger partial charge in [0.2, 0.25) is 5.78 Å². The minimum atomic E-state index is -0.407. The van der Waals surface area contributed by atoms with Crippen LogP contribution in [0, 0.1) is 11.8 Å². The van der Waals surface area contributed by atoms with Gasteiger partial charge in [0.1, 0.15) is 5.75 Å². The summed E-state index contributed by atoms with van der Waals surface area (Å²) in [6, 6.07) is 12.7. The molecule has 0 fully saturated rings. The fraction of sp³-hybridized carbons (Fsp3) is 0.238.